The first kappa shape index (κ1) is 30.2. The molecule has 1 aliphatic heterocycles. The second-order valence-electron chi connectivity index (χ2n) is 10.7. The molecule has 3 aromatic rings. The van der Waals surface area contributed by atoms with Crippen LogP contribution in [0, 0.1) is 5.92 Å². The summed E-state index contributed by atoms with van der Waals surface area (Å²) in [5, 5.41) is 15.8. The Kier molecular flexibility index (Phi) is 10.1. The van der Waals surface area contributed by atoms with E-state index in [4.69, 9.17) is 10.2 Å². The Bertz CT molecular complexity index is 1460. The third-order valence-electron chi connectivity index (χ3n) is 7.73. The molecule has 0 amide bonds. The lowest BCUT2D eigenvalue weighted by Gasteiger charge is -2.40. The van der Waals surface area contributed by atoms with Crippen LogP contribution in [0.15, 0.2) is 78.2 Å². The van der Waals surface area contributed by atoms with Crippen LogP contribution in [0.5, 0.6) is 0 Å². The molecule has 10 heteroatoms. The fourth-order valence-electron chi connectivity index (χ4n) is 5.48. The van der Waals surface area contributed by atoms with Crippen molar-refractivity contribution in [1.29, 1.82) is 0 Å². The fourth-order valence-corrected chi connectivity index (χ4v) is 6.72. The first-order valence-electron chi connectivity index (χ1n) is 13.8. The zero-order valence-corrected chi connectivity index (χ0v) is 24.0. The van der Waals surface area contributed by atoms with Crippen LogP contribution < -0.4 is 0 Å². The highest BCUT2D eigenvalue weighted by Gasteiger charge is 2.32. The van der Waals surface area contributed by atoms with Crippen molar-refractivity contribution < 1.29 is 28.2 Å². The highest BCUT2D eigenvalue weighted by atomic mass is 32.2. The molecule has 1 aromatic heterocycles. The Labute approximate surface area is 241 Å². The quantitative estimate of drug-likeness (QED) is 0.348. The second-order valence-corrected chi connectivity index (χ2v) is 12.8. The van der Waals surface area contributed by atoms with Gasteiger partial charge in [0.15, 0.2) is 14.9 Å². The Morgan fingerprint density at radius 3 is 2.32 bits per heavy atom. The lowest BCUT2D eigenvalue weighted by molar-refractivity contribution is -0.134. The van der Waals surface area contributed by atoms with Gasteiger partial charge in [-0.05, 0) is 79.3 Å². The van der Waals surface area contributed by atoms with Crippen molar-refractivity contribution in [2.24, 2.45) is 13.0 Å². The van der Waals surface area contributed by atoms with E-state index >= 15 is 0 Å². The van der Waals surface area contributed by atoms with Crippen molar-refractivity contribution in [3.8, 4) is 0 Å². The molecule has 0 unspecified atom stereocenters. The van der Waals surface area contributed by atoms with Gasteiger partial charge in [0.1, 0.15) is 0 Å². The Morgan fingerprint density at radius 1 is 1.02 bits per heavy atom. The van der Waals surface area contributed by atoms with Crippen LogP contribution in [0.25, 0.3) is 0 Å². The van der Waals surface area contributed by atoms with Crippen molar-refractivity contribution in [3.63, 3.8) is 0 Å². The topological polar surface area (TPSA) is 130 Å². The normalized spacial score (nSPS) is 18.7. The molecule has 2 aromatic carbocycles. The van der Waals surface area contributed by atoms with E-state index in [0.717, 1.165) is 18.4 Å². The van der Waals surface area contributed by atoms with E-state index in [1.165, 1.54) is 55.5 Å². The zero-order valence-electron chi connectivity index (χ0n) is 23.2. The van der Waals surface area contributed by atoms with Crippen LogP contribution in [0.4, 0.5) is 0 Å². The standard InChI is InChI=1S/C27H33N3O2S.C4H4O4/c1-29-19-27(28-20-29)33(31,32)15-12-22-8-9-23-10-11-24(18-30-13-5-14-30)26(25(23)17-22)16-21-6-3-2-4-7-21;5-3(6)1-2-4(7)8/h2-4,6-9,17,19-20,24,26H,5,10-16,18H2,1H3;1-2H,(H,5,6)(H,7,8)/b;2-1+/t24-,26+;/m0./s1. The van der Waals surface area contributed by atoms with Crippen molar-refractivity contribution >= 4 is 21.8 Å². The number of sulfone groups is 1. The molecule has 2 heterocycles. The lowest BCUT2D eigenvalue weighted by atomic mass is 9.71. The summed E-state index contributed by atoms with van der Waals surface area (Å²) in [4.78, 5) is 25.8. The van der Waals surface area contributed by atoms with Crippen LogP contribution in [-0.4, -0.2) is 70.4 Å². The van der Waals surface area contributed by atoms with Crippen LogP contribution >= 0.6 is 0 Å². The summed E-state index contributed by atoms with van der Waals surface area (Å²) in [6, 6.07) is 17.5. The van der Waals surface area contributed by atoms with Gasteiger partial charge in [-0.2, -0.15) is 0 Å². The molecule has 0 radical (unpaired) electrons. The second kappa shape index (κ2) is 13.7. The van der Waals surface area contributed by atoms with Gasteiger partial charge in [0.2, 0.25) is 0 Å². The molecule has 0 saturated carbocycles. The molecule has 1 saturated heterocycles. The van der Waals surface area contributed by atoms with Crippen molar-refractivity contribution in [2.45, 2.75) is 43.0 Å². The molecule has 0 spiro atoms. The molecule has 9 nitrogen and oxygen atoms in total. The van der Waals surface area contributed by atoms with Gasteiger partial charge in [-0.1, -0.05) is 48.5 Å². The number of hydrogen-bond donors (Lipinski definition) is 2. The number of imidazole rings is 1. The van der Waals surface area contributed by atoms with E-state index in [0.29, 0.717) is 30.4 Å². The molecule has 2 N–H and O–H groups in total. The molecular formula is C31H37N3O6S. The third kappa shape index (κ3) is 8.61. The number of aryl methyl sites for hydroxylation is 3. The Hall–Kier alpha value is -3.76. The molecule has 41 heavy (non-hydrogen) atoms. The number of likely N-dealkylation sites (tertiary alicyclic amines) is 1. The highest BCUT2D eigenvalue weighted by molar-refractivity contribution is 7.91. The summed E-state index contributed by atoms with van der Waals surface area (Å²) in [7, 11) is -1.59. The first-order chi connectivity index (χ1) is 19.6. The van der Waals surface area contributed by atoms with Gasteiger partial charge in [0.05, 0.1) is 12.1 Å². The van der Waals surface area contributed by atoms with Crippen molar-refractivity contribution in [2.75, 3.05) is 25.4 Å². The maximum Gasteiger partial charge on any atom is 0.328 e. The minimum atomic E-state index is -3.38. The summed E-state index contributed by atoms with van der Waals surface area (Å²) in [5.74, 6) is -1.31. The van der Waals surface area contributed by atoms with Gasteiger partial charge in [-0.25, -0.2) is 23.0 Å². The van der Waals surface area contributed by atoms with Gasteiger partial charge in [-0.15, -0.1) is 0 Å². The third-order valence-corrected chi connectivity index (χ3v) is 9.32. The summed E-state index contributed by atoms with van der Waals surface area (Å²) < 4.78 is 27.2. The first-order valence-corrected chi connectivity index (χ1v) is 15.5. The van der Waals surface area contributed by atoms with Crippen LogP contribution in [0.3, 0.4) is 0 Å². The van der Waals surface area contributed by atoms with E-state index in [2.05, 4.69) is 58.4 Å². The average Bonchev–Trinajstić information content (AvgIpc) is 3.37. The van der Waals surface area contributed by atoms with Crippen LogP contribution in [0.2, 0.25) is 0 Å². The average molecular weight is 580 g/mol. The van der Waals surface area contributed by atoms with Gasteiger partial charge in [0.25, 0.3) is 0 Å². The Balaban J connectivity index is 0.000000426. The number of rotatable bonds is 10. The van der Waals surface area contributed by atoms with Crippen LogP contribution in [-0.2, 0) is 45.7 Å². The van der Waals surface area contributed by atoms with E-state index < -0.39 is 21.8 Å². The molecule has 0 bridgehead atoms. The van der Waals surface area contributed by atoms with E-state index in [-0.39, 0.29) is 10.8 Å². The lowest BCUT2D eigenvalue weighted by Crippen LogP contribution is -2.43. The number of fused-ring (bicyclic) bond motifs is 1. The molecule has 218 valence electrons. The molecule has 2 atom stereocenters. The van der Waals surface area contributed by atoms with E-state index in [1.54, 1.807) is 17.8 Å². The van der Waals surface area contributed by atoms with Gasteiger partial charge in [-0.3, -0.25) is 0 Å². The number of carboxylic acid groups (broad SMARTS) is 2. The molecular weight excluding hydrogens is 542 g/mol. The summed E-state index contributed by atoms with van der Waals surface area (Å²) in [6.07, 6.45) is 9.46. The Morgan fingerprint density at radius 2 is 1.73 bits per heavy atom. The van der Waals surface area contributed by atoms with Crippen molar-refractivity contribution in [3.05, 3.63) is 95.5 Å². The number of hydrogen-bond acceptors (Lipinski definition) is 6. The minimum Gasteiger partial charge on any atom is -0.478 e. The van der Waals surface area contributed by atoms with E-state index in [1.807, 2.05) is 0 Å². The number of carbonyl (C=O) groups is 2. The number of benzene rings is 2. The largest absolute Gasteiger partial charge is 0.478 e. The molecule has 1 fully saturated rings. The van der Waals surface area contributed by atoms with Gasteiger partial charge < -0.3 is 19.7 Å². The maximum atomic E-state index is 12.7. The van der Waals surface area contributed by atoms with E-state index in [9.17, 15) is 18.0 Å². The number of aliphatic carboxylic acids is 2. The number of nitrogens with zero attached hydrogens (tertiary/aromatic N) is 3. The minimum absolute atomic E-state index is 0.0867. The van der Waals surface area contributed by atoms with Crippen molar-refractivity contribution in [1.82, 2.24) is 14.5 Å². The monoisotopic (exact) mass is 579 g/mol. The summed E-state index contributed by atoms with van der Waals surface area (Å²) in [6.45, 7) is 3.63. The number of aromatic nitrogens is 2. The zero-order chi connectivity index (χ0) is 29.4. The fraction of sp³-hybridized carbons (Fsp3) is 0.387. The molecule has 2 aliphatic rings. The smallest absolute Gasteiger partial charge is 0.328 e. The number of carboxylic acids is 2. The predicted octanol–water partition coefficient (Wildman–Crippen LogP) is 3.74. The maximum absolute atomic E-state index is 12.7. The van der Waals surface area contributed by atoms with Gasteiger partial charge in [0, 0.05) is 31.9 Å². The SMILES string of the molecule is Cn1cnc(S(=O)(=O)CCc2ccc3c(c2)[C@H](Cc2ccccc2)[C@H](CN2CCC2)CC3)c1.O=C(O)/C=C/C(=O)O. The summed E-state index contributed by atoms with van der Waals surface area (Å²) >= 11 is 0. The molecule has 1 aliphatic carbocycles. The predicted molar refractivity (Wildman–Crippen MR) is 156 cm³/mol. The molecule has 5 rings (SSSR count). The van der Waals surface area contributed by atoms with Crippen LogP contribution in [0.1, 0.15) is 41.0 Å². The van der Waals surface area contributed by atoms with Gasteiger partial charge >= 0.3 is 11.9 Å². The summed E-state index contributed by atoms with van der Waals surface area (Å²) in [5.41, 5.74) is 5.36. The highest BCUT2D eigenvalue weighted by Crippen LogP contribution is 2.40.